The summed E-state index contributed by atoms with van der Waals surface area (Å²) in [5.41, 5.74) is -1.67. The van der Waals surface area contributed by atoms with Gasteiger partial charge in [-0.05, 0) is 77.5 Å². The van der Waals surface area contributed by atoms with Crippen LogP contribution in [-0.4, -0.2) is 48.6 Å². The van der Waals surface area contributed by atoms with Crippen LogP contribution in [0.3, 0.4) is 0 Å². The molecule has 5 rings (SSSR count). The molecule has 3 aromatic carbocycles. The second kappa shape index (κ2) is 15.2. The molecule has 0 amide bonds. The summed E-state index contributed by atoms with van der Waals surface area (Å²) >= 11 is 1.56. The fraction of sp³-hybridized carbons (Fsp3) is 0.361. The molecule has 1 fully saturated rings. The highest BCUT2D eigenvalue weighted by Crippen LogP contribution is 2.38. The van der Waals surface area contributed by atoms with Gasteiger partial charge in [0.2, 0.25) is 0 Å². The number of ether oxygens (including phenoxy) is 1. The standard InChI is InChI=1S/C36H36F6N2O3S/c1-2-18-47-43-32(23-46-22-25-19-27(35(37,38)39)21-28(20-25)36(40,41)42)29(31-24-48-33-11-7-6-10-30(31)33)12-15-44-16-13-34(45,14-17-44)26-8-4-3-5-9-26/h2-11,19-21,24,29,45H,1,12-18,22-23H2/b43-32+. The van der Waals surface area contributed by atoms with Crippen LogP contribution in [0.1, 0.15) is 53.0 Å². The lowest BCUT2D eigenvalue weighted by Gasteiger charge is -2.39. The minimum atomic E-state index is -4.96. The Bertz CT molecular complexity index is 1660. The Kier molecular flexibility index (Phi) is 11.3. The van der Waals surface area contributed by atoms with E-state index in [1.165, 1.54) is 6.08 Å². The first-order valence-electron chi connectivity index (χ1n) is 15.5. The topological polar surface area (TPSA) is 54.3 Å². The zero-order chi connectivity index (χ0) is 34.4. The van der Waals surface area contributed by atoms with E-state index in [-0.39, 0.29) is 30.8 Å². The number of hydrogen-bond acceptors (Lipinski definition) is 6. The van der Waals surface area contributed by atoms with Crippen molar-refractivity contribution in [2.45, 2.75) is 49.7 Å². The van der Waals surface area contributed by atoms with Crippen LogP contribution in [0.5, 0.6) is 0 Å². The van der Waals surface area contributed by atoms with Crippen LogP contribution in [0.2, 0.25) is 0 Å². The minimum absolute atomic E-state index is 0.0906. The van der Waals surface area contributed by atoms with Crippen LogP contribution < -0.4 is 0 Å². The van der Waals surface area contributed by atoms with E-state index in [1.807, 2.05) is 60.0 Å². The summed E-state index contributed by atoms with van der Waals surface area (Å²) in [5, 5.41) is 18.7. The predicted octanol–water partition coefficient (Wildman–Crippen LogP) is 9.17. The molecule has 0 aliphatic carbocycles. The number of rotatable bonds is 13. The van der Waals surface area contributed by atoms with E-state index in [1.54, 1.807) is 11.3 Å². The number of likely N-dealkylation sites (tertiary alicyclic amines) is 1. The Balaban J connectivity index is 1.37. The molecule has 4 aromatic rings. The molecule has 48 heavy (non-hydrogen) atoms. The maximum Gasteiger partial charge on any atom is 0.416 e. The SMILES string of the molecule is C=CCO/N=C(\COCc1cc(C(F)(F)F)cc(C(F)(F)F)c1)C(CCN1CCC(O)(c2ccccc2)CC1)c1csc2ccccc12. The predicted molar refractivity (Wildman–Crippen MR) is 175 cm³/mol. The molecule has 1 N–H and O–H groups in total. The van der Waals surface area contributed by atoms with Gasteiger partial charge in [-0.25, -0.2) is 0 Å². The summed E-state index contributed by atoms with van der Waals surface area (Å²) < 4.78 is 87.5. The van der Waals surface area contributed by atoms with Gasteiger partial charge in [0.15, 0.2) is 0 Å². The first kappa shape index (κ1) is 35.6. The number of alkyl halides is 6. The summed E-state index contributed by atoms with van der Waals surface area (Å²) in [5.74, 6) is -0.340. The third kappa shape index (κ3) is 8.84. The highest BCUT2D eigenvalue weighted by Gasteiger charge is 2.37. The Hall–Kier alpha value is -3.71. The Labute approximate surface area is 279 Å². The molecule has 1 aliphatic heterocycles. The lowest BCUT2D eigenvalue weighted by Crippen LogP contribution is -2.43. The molecule has 1 atom stereocenters. The number of nitrogens with zero attached hydrogens (tertiary/aromatic N) is 2. The molecular weight excluding hydrogens is 654 g/mol. The van der Waals surface area contributed by atoms with Gasteiger partial charge in [0.05, 0.1) is 35.7 Å². The molecule has 1 aliphatic rings. The highest BCUT2D eigenvalue weighted by molar-refractivity contribution is 7.17. The molecule has 0 saturated carbocycles. The van der Waals surface area contributed by atoms with Crippen LogP contribution in [0.25, 0.3) is 10.1 Å². The monoisotopic (exact) mass is 690 g/mol. The van der Waals surface area contributed by atoms with Gasteiger partial charge in [-0.1, -0.05) is 66.3 Å². The normalized spacial score (nSPS) is 16.6. The summed E-state index contributed by atoms with van der Waals surface area (Å²) in [6.45, 7) is 5.00. The third-order valence-corrected chi connectivity index (χ3v) is 9.54. The molecule has 256 valence electrons. The molecule has 1 unspecified atom stereocenters. The van der Waals surface area contributed by atoms with Gasteiger partial charge < -0.3 is 19.6 Å². The van der Waals surface area contributed by atoms with Crippen LogP contribution in [-0.2, 0) is 34.1 Å². The lowest BCUT2D eigenvalue weighted by molar-refractivity contribution is -0.143. The molecule has 5 nitrogen and oxygen atoms in total. The summed E-state index contributed by atoms with van der Waals surface area (Å²) in [7, 11) is 0. The third-order valence-electron chi connectivity index (χ3n) is 8.56. The minimum Gasteiger partial charge on any atom is -0.392 e. The van der Waals surface area contributed by atoms with E-state index >= 15 is 0 Å². The van der Waals surface area contributed by atoms with E-state index in [0.717, 1.165) is 21.2 Å². The smallest absolute Gasteiger partial charge is 0.392 e. The number of thiophene rings is 1. The number of hydrogen-bond donors (Lipinski definition) is 1. The quantitative estimate of drug-likeness (QED) is 0.0500. The van der Waals surface area contributed by atoms with Crippen molar-refractivity contribution in [1.29, 1.82) is 0 Å². The van der Waals surface area contributed by atoms with E-state index in [2.05, 4.69) is 16.6 Å². The molecule has 1 saturated heterocycles. The van der Waals surface area contributed by atoms with Gasteiger partial charge in [0.25, 0.3) is 0 Å². The zero-order valence-electron chi connectivity index (χ0n) is 26.1. The second-order valence-electron chi connectivity index (χ2n) is 11.8. The molecule has 12 heteroatoms. The van der Waals surface area contributed by atoms with E-state index in [9.17, 15) is 31.4 Å². The molecule has 0 radical (unpaired) electrons. The molecule has 0 bridgehead atoms. The average molecular weight is 691 g/mol. The number of piperidine rings is 1. The van der Waals surface area contributed by atoms with Crippen molar-refractivity contribution in [3.05, 3.63) is 119 Å². The number of halogens is 6. The zero-order valence-corrected chi connectivity index (χ0v) is 26.9. The maximum atomic E-state index is 13.4. The van der Waals surface area contributed by atoms with Crippen LogP contribution in [0.15, 0.2) is 96.0 Å². The van der Waals surface area contributed by atoms with Gasteiger partial charge in [-0.15, -0.1) is 11.3 Å². The van der Waals surface area contributed by atoms with Gasteiger partial charge in [-0.2, -0.15) is 26.3 Å². The van der Waals surface area contributed by atoms with Crippen molar-refractivity contribution >= 4 is 27.1 Å². The molecule has 0 spiro atoms. The molecule has 2 heterocycles. The van der Waals surface area contributed by atoms with E-state index in [0.29, 0.717) is 56.7 Å². The Morgan fingerprint density at radius 1 is 0.958 bits per heavy atom. The fourth-order valence-electron chi connectivity index (χ4n) is 6.00. The van der Waals surface area contributed by atoms with Crippen molar-refractivity contribution in [2.75, 3.05) is 32.8 Å². The summed E-state index contributed by atoms with van der Waals surface area (Å²) in [6.07, 6.45) is -6.71. The largest absolute Gasteiger partial charge is 0.416 e. The van der Waals surface area contributed by atoms with Crippen molar-refractivity contribution < 1.29 is 41.0 Å². The van der Waals surface area contributed by atoms with Crippen molar-refractivity contribution in [3.8, 4) is 0 Å². The van der Waals surface area contributed by atoms with E-state index in [4.69, 9.17) is 9.57 Å². The Morgan fingerprint density at radius 3 is 2.25 bits per heavy atom. The highest BCUT2D eigenvalue weighted by atomic mass is 32.1. The number of aliphatic hydroxyl groups is 1. The van der Waals surface area contributed by atoms with Gasteiger partial charge in [0, 0.05) is 23.7 Å². The number of benzene rings is 3. The first-order chi connectivity index (χ1) is 22.9. The number of oxime groups is 1. The van der Waals surface area contributed by atoms with Crippen LogP contribution in [0.4, 0.5) is 26.3 Å². The Morgan fingerprint density at radius 2 is 1.60 bits per heavy atom. The summed E-state index contributed by atoms with van der Waals surface area (Å²) in [4.78, 5) is 7.75. The molecule has 1 aromatic heterocycles. The lowest BCUT2D eigenvalue weighted by atomic mass is 9.84. The van der Waals surface area contributed by atoms with Gasteiger partial charge in [0.1, 0.15) is 6.61 Å². The fourth-order valence-corrected chi connectivity index (χ4v) is 7.02. The first-order valence-corrected chi connectivity index (χ1v) is 16.4. The second-order valence-corrected chi connectivity index (χ2v) is 12.8. The van der Waals surface area contributed by atoms with Crippen molar-refractivity contribution in [3.63, 3.8) is 0 Å². The molecular formula is C36H36F6N2O3S. The van der Waals surface area contributed by atoms with Crippen molar-refractivity contribution in [2.24, 2.45) is 5.16 Å². The average Bonchev–Trinajstić information content (AvgIpc) is 3.49. The van der Waals surface area contributed by atoms with Crippen molar-refractivity contribution in [1.82, 2.24) is 4.90 Å². The van der Waals surface area contributed by atoms with E-state index < -0.39 is 35.7 Å². The van der Waals surface area contributed by atoms with Gasteiger partial charge in [-0.3, -0.25) is 0 Å². The maximum absolute atomic E-state index is 13.4. The number of fused-ring (bicyclic) bond motifs is 1. The van der Waals surface area contributed by atoms with Crippen LogP contribution in [0, 0.1) is 0 Å². The van der Waals surface area contributed by atoms with Gasteiger partial charge >= 0.3 is 12.4 Å². The summed E-state index contributed by atoms with van der Waals surface area (Å²) in [6, 6.07) is 18.9. The van der Waals surface area contributed by atoms with Crippen LogP contribution >= 0.6 is 11.3 Å².